The molecule has 0 bridgehead atoms. The minimum atomic E-state index is -0.942. The van der Waals surface area contributed by atoms with Crippen LogP contribution in [0, 0.1) is 0 Å². The number of methoxy groups -OCH3 is 1. The Morgan fingerprint density at radius 3 is 2.69 bits per heavy atom. The predicted molar refractivity (Wildman–Crippen MR) is 61.6 cm³/mol. The van der Waals surface area contributed by atoms with E-state index < -0.39 is 5.97 Å². The Balaban J connectivity index is 2.27. The molecule has 1 amide bonds. The normalized spacial score (nSPS) is 14.8. The van der Waals surface area contributed by atoms with Crippen molar-refractivity contribution in [2.45, 2.75) is 18.9 Å². The van der Waals surface area contributed by atoms with Gasteiger partial charge in [-0.2, -0.15) is 0 Å². The Hall–Kier alpha value is -0.750. The smallest absolute Gasteiger partial charge is 0.323 e. The molecule has 92 valence electrons. The molecule has 1 N–H and O–H groups in total. The molecular weight excluding hydrogens is 230 g/mol. The maximum absolute atomic E-state index is 11.7. The first kappa shape index (κ1) is 13.3. The SMILES string of the molecule is COCCSCC(=O)N(CC(=O)O)C1CC1. The standard InChI is InChI=1S/C10H17NO4S/c1-15-4-5-16-7-9(12)11(6-10(13)14)8-2-3-8/h8H,2-7H2,1H3,(H,13,14). The molecule has 0 heterocycles. The maximum atomic E-state index is 11.7. The third-order valence-corrected chi connectivity index (χ3v) is 3.18. The molecule has 5 nitrogen and oxygen atoms in total. The van der Waals surface area contributed by atoms with Crippen LogP contribution in [0.2, 0.25) is 0 Å². The number of carboxylic acid groups (broad SMARTS) is 1. The fourth-order valence-corrected chi connectivity index (χ4v) is 2.11. The number of carbonyl (C=O) groups excluding carboxylic acids is 1. The van der Waals surface area contributed by atoms with Gasteiger partial charge in [0.25, 0.3) is 0 Å². The summed E-state index contributed by atoms with van der Waals surface area (Å²) < 4.78 is 4.87. The molecule has 1 aliphatic carbocycles. The highest BCUT2D eigenvalue weighted by atomic mass is 32.2. The Labute approximate surface area is 99.1 Å². The Kier molecular flexibility index (Phi) is 5.62. The molecule has 0 saturated heterocycles. The molecule has 6 heteroatoms. The maximum Gasteiger partial charge on any atom is 0.323 e. The summed E-state index contributed by atoms with van der Waals surface area (Å²) in [5.41, 5.74) is 0. The van der Waals surface area contributed by atoms with Crippen molar-refractivity contribution < 1.29 is 19.4 Å². The molecule has 0 radical (unpaired) electrons. The highest BCUT2D eigenvalue weighted by Gasteiger charge is 2.33. The predicted octanol–water partition coefficient (Wildman–Crippen LogP) is 0.442. The van der Waals surface area contributed by atoms with E-state index in [1.807, 2.05) is 0 Å². The molecule has 0 spiro atoms. The minimum absolute atomic E-state index is 0.0778. The molecule has 1 rings (SSSR count). The van der Waals surface area contributed by atoms with Gasteiger partial charge in [0, 0.05) is 18.9 Å². The molecule has 1 saturated carbocycles. The van der Waals surface area contributed by atoms with Crippen molar-refractivity contribution in [3.63, 3.8) is 0 Å². The van der Waals surface area contributed by atoms with Crippen molar-refractivity contribution in [3.05, 3.63) is 0 Å². The van der Waals surface area contributed by atoms with Gasteiger partial charge in [-0.3, -0.25) is 9.59 Å². The number of aliphatic carboxylic acids is 1. The third-order valence-electron chi connectivity index (χ3n) is 2.27. The second-order valence-electron chi connectivity index (χ2n) is 3.69. The summed E-state index contributed by atoms with van der Waals surface area (Å²) in [6, 6.07) is 0.159. The van der Waals surface area contributed by atoms with E-state index in [9.17, 15) is 9.59 Å². The molecule has 0 aliphatic heterocycles. The first-order valence-electron chi connectivity index (χ1n) is 5.23. The van der Waals surface area contributed by atoms with Gasteiger partial charge in [0.05, 0.1) is 12.4 Å². The van der Waals surface area contributed by atoms with E-state index in [2.05, 4.69) is 0 Å². The lowest BCUT2D eigenvalue weighted by atomic mass is 10.4. The van der Waals surface area contributed by atoms with E-state index >= 15 is 0 Å². The number of hydrogen-bond acceptors (Lipinski definition) is 4. The van der Waals surface area contributed by atoms with Crippen molar-refractivity contribution in [3.8, 4) is 0 Å². The monoisotopic (exact) mass is 247 g/mol. The van der Waals surface area contributed by atoms with Crippen LogP contribution in [-0.4, -0.2) is 59.7 Å². The van der Waals surface area contributed by atoms with Crippen LogP contribution in [0.3, 0.4) is 0 Å². The van der Waals surface area contributed by atoms with Crippen LogP contribution < -0.4 is 0 Å². The fraction of sp³-hybridized carbons (Fsp3) is 0.800. The van der Waals surface area contributed by atoms with Gasteiger partial charge in [-0.25, -0.2) is 0 Å². The van der Waals surface area contributed by atoms with Gasteiger partial charge in [0.2, 0.25) is 5.91 Å². The molecule has 0 aromatic heterocycles. The van der Waals surface area contributed by atoms with Crippen LogP contribution >= 0.6 is 11.8 Å². The first-order valence-corrected chi connectivity index (χ1v) is 6.38. The lowest BCUT2D eigenvalue weighted by molar-refractivity contribution is -0.143. The van der Waals surface area contributed by atoms with Crippen LogP contribution in [0.15, 0.2) is 0 Å². The van der Waals surface area contributed by atoms with Crippen LogP contribution in [0.1, 0.15) is 12.8 Å². The van der Waals surface area contributed by atoms with Gasteiger partial charge in [-0.05, 0) is 12.8 Å². The number of ether oxygens (including phenoxy) is 1. The number of thioether (sulfide) groups is 1. The van der Waals surface area contributed by atoms with Crippen LogP contribution in [-0.2, 0) is 14.3 Å². The molecule has 16 heavy (non-hydrogen) atoms. The topological polar surface area (TPSA) is 66.8 Å². The van der Waals surface area contributed by atoms with E-state index in [4.69, 9.17) is 9.84 Å². The van der Waals surface area contributed by atoms with Gasteiger partial charge >= 0.3 is 5.97 Å². The molecule has 1 aliphatic rings. The molecule has 0 aromatic carbocycles. The minimum Gasteiger partial charge on any atom is -0.480 e. The lowest BCUT2D eigenvalue weighted by Crippen LogP contribution is -2.38. The third kappa shape index (κ3) is 4.85. The summed E-state index contributed by atoms with van der Waals surface area (Å²) in [6.45, 7) is 0.439. The zero-order valence-corrected chi connectivity index (χ0v) is 10.2. The molecular formula is C10H17NO4S. The van der Waals surface area contributed by atoms with Crippen molar-refractivity contribution in [2.75, 3.05) is 31.8 Å². The highest BCUT2D eigenvalue weighted by Crippen LogP contribution is 2.27. The summed E-state index contributed by atoms with van der Waals surface area (Å²) in [5, 5.41) is 8.70. The molecule has 0 atom stereocenters. The van der Waals surface area contributed by atoms with Gasteiger partial charge in [0.15, 0.2) is 0 Å². The van der Waals surface area contributed by atoms with Crippen molar-refractivity contribution in [1.29, 1.82) is 0 Å². The number of carbonyl (C=O) groups is 2. The quantitative estimate of drug-likeness (QED) is 0.630. The molecule has 0 aromatic rings. The van der Waals surface area contributed by atoms with Crippen molar-refractivity contribution in [2.24, 2.45) is 0 Å². The number of hydrogen-bond donors (Lipinski definition) is 1. The van der Waals surface area contributed by atoms with Crippen LogP contribution in [0.25, 0.3) is 0 Å². The van der Waals surface area contributed by atoms with Crippen LogP contribution in [0.5, 0.6) is 0 Å². The Morgan fingerprint density at radius 2 is 2.19 bits per heavy atom. The number of nitrogens with zero attached hydrogens (tertiary/aromatic N) is 1. The first-order chi connectivity index (χ1) is 7.65. The summed E-state index contributed by atoms with van der Waals surface area (Å²) in [6.07, 6.45) is 1.86. The summed E-state index contributed by atoms with van der Waals surface area (Å²) in [7, 11) is 1.61. The molecule has 1 fully saturated rings. The number of amides is 1. The summed E-state index contributed by atoms with van der Waals surface area (Å²) >= 11 is 1.48. The molecule has 0 unspecified atom stereocenters. The summed E-state index contributed by atoms with van der Waals surface area (Å²) in [5.74, 6) is 0.0779. The zero-order chi connectivity index (χ0) is 12.0. The lowest BCUT2D eigenvalue weighted by Gasteiger charge is -2.19. The van der Waals surface area contributed by atoms with E-state index in [1.54, 1.807) is 7.11 Å². The van der Waals surface area contributed by atoms with E-state index in [0.29, 0.717) is 12.4 Å². The van der Waals surface area contributed by atoms with E-state index in [-0.39, 0.29) is 18.5 Å². The second-order valence-corrected chi connectivity index (χ2v) is 4.80. The number of carboxylic acids is 1. The number of rotatable bonds is 8. The average molecular weight is 247 g/mol. The van der Waals surface area contributed by atoms with E-state index in [0.717, 1.165) is 18.6 Å². The zero-order valence-electron chi connectivity index (χ0n) is 9.35. The Morgan fingerprint density at radius 1 is 1.50 bits per heavy atom. The van der Waals surface area contributed by atoms with Crippen molar-refractivity contribution in [1.82, 2.24) is 4.90 Å². The summed E-state index contributed by atoms with van der Waals surface area (Å²) in [4.78, 5) is 23.8. The van der Waals surface area contributed by atoms with Gasteiger partial charge in [0.1, 0.15) is 6.54 Å². The Bertz CT molecular complexity index is 255. The van der Waals surface area contributed by atoms with Gasteiger partial charge in [-0.1, -0.05) is 0 Å². The van der Waals surface area contributed by atoms with Crippen LogP contribution in [0.4, 0.5) is 0 Å². The average Bonchev–Trinajstić information content (AvgIpc) is 3.04. The van der Waals surface area contributed by atoms with Gasteiger partial charge < -0.3 is 14.7 Å². The fourth-order valence-electron chi connectivity index (χ4n) is 1.34. The largest absolute Gasteiger partial charge is 0.480 e. The highest BCUT2D eigenvalue weighted by molar-refractivity contribution is 7.99. The second kappa shape index (κ2) is 6.75. The van der Waals surface area contributed by atoms with Gasteiger partial charge in [-0.15, -0.1) is 11.8 Å². The van der Waals surface area contributed by atoms with E-state index in [1.165, 1.54) is 16.7 Å². The van der Waals surface area contributed by atoms with Crippen molar-refractivity contribution >= 4 is 23.6 Å².